The normalized spacial score (nSPS) is 16.2. The Morgan fingerprint density at radius 3 is 2.83 bits per heavy atom. The van der Waals surface area contributed by atoms with E-state index in [1.54, 1.807) is 11.3 Å². The predicted octanol–water partition coefficient (Wildman–Crippen LogP) is 2.94. The Morgan fingerprint density at radius 1 is 1.44 bits per heavy atom. The molecule has 98 valence electrons. The van der Waals surface area contributed by atoms with E-state index in [1.165, 1.54) is 8.66 Å². The topological polar surface area (TPSA) is 36.4 Å². The number of hydrogen-bond acceptors (Lipinski definition) is 2. The van der Waals surface area contributed by atoms with Crippen molar-refractivity contribution in [2.75, 3.05) is 13.6 Å². The molecule has 18 heavy (non-hydrogen) atoms. The highest BCUT2D eigenvalue weighted by atomic mass is 79.9. The summed E-state index contributed by atoms with van der Waals surface area (Å²) in [6.07, 6.45) is 7.65. The third kappa shape index (κ3) is 4.14. The summed E-state index contributed by atoms with van der Waals surface area (Å²) < 4.78 is 1.19. The summed E-state index contributed by atoms with van der Waals surface area (Å²) in [6, 6.07) is 4.76. The third-order valence-corrected chi connectivity index (χ3v) is 4.55. The van der Waals surface area contributed by atoms with Crippen LogP contribution in [0.1, 0.15) is 17.7 Å². The fourth-order valence-electron chi connectivity index (χ4n) is 1.91. The monoisotopic (exact) mass is 327 g/mol. The van der Waals surface area contributed by atoms with Crippen LogP contribution >= 0.6 is 27.3 Å². The summed E-state index contributed by atoms with van der Waals surface area (Å²) in [5, 5.41) is 6.78. The average Bonchev–Trinajstić information content (AvgIpc) is 3.00. The van der Waals surface area contributed by atoms with Crippen LogP contribution in [-0.4, -0.2) is 25.6 Å². The molecule has 1 aromatic heterocycles. The molecule has 0 unspecified atom stereocenters. The van der Waals surface area contributed by atoms with Gasteiger partial charge in [0.1, 0.15) is 0 Å². The van der Waals surface area contributed by atoms with Crippen LogP contribution in [0, 0.1) is 0 Å². The maximum atomic E-state index is 4.25. The summed E-state index contributed by atoms with van der Waals surface area (Å²) in [5.41, 5.74) is 0. The maximum absolute atomic E-state index is 4.25. The lowest BCUT2D eigenvalue weighted by Crippen LogP contribution is -2.43. The molecule has 0 saturated heterocycles. The minimum absolute atomic E-state index is 0.507. The van der Waals surface area contributed by atoms with Crippen molar-refractivity contribution in [2.45, 2.75) is 25.3 Å². The van der Waals surface area contributed by atoms with Crippen molar-refractivity contribution >= 4 is 33.2 Å². The van der Waals surface area contributed by atoms with Gasteiger partial charge in [-0.2, -0.15) is 0 Å². The van der Waals surface area contributed by atoms with Crippen molar-refractivity contribution in [3.8, 4) is 0 Å². The number of halogens is 1. The van der Waals surface area contributed by atoms with Gasteiger partial charge in [0.05, 0.1) is 3.79 Å². The quantitative estimate of drug-likeness (QED) is 0.506. The lowest BCUT2D eigenvalue weighted by atomic mass is 10.2. The Morgan fingerprint density at radius 2 is 2.22 bits per heavy atom. The molecule has 0 fully saturated rings. The smallest absolute Gasteiger partial charge is 0.191 e. The summed E-state index contributed by atoms with van der Waals surface area (Å²) in [5.74, 6) is 0.902. The number of aliphatic imine (C=N–C) groups is 1. The standard InChI is InChI=1S/C13H18BrN3S/c1-15-13(17-10-4-2-3-5-10)16-9-8-11-6-7-12(14)18-11/h2-3,6-7,10H,4-5,8-9H2,1H3,(H2,15,16,17). The molecule has 0 aromatic carbocycles. The van der Waals surface area contributed by atoms with Gasteiger partial charge in [-0.1, -0.05) is 12.2 Å². The van der Waals surface area contributed by atoms with Gasteiger partial charge < -0.3 is 10.6 Å². The number of thiophene rings is 1. The number of guanidine groups is 1. The van der Waals surface area contributed by atoms with Crippen molar-refractivity contribution in [1.29, 1.82) is 0 Å². The second kappa shape index (κ2) is 6.95. The fraction of sp³-hybridized carbons (Fsp3) is 0.462. The molecule has 0 amide bonds. The lowest BCUT2D eigenvalue weighted by Gasteiger charge is -2.16. The summed E-state index contributed by atoms with van der Waals surface area (Å²) in [6.45, 7) is 0.909. The van der Waals surface area contributed by atoms with E-state index < -0.39 is 0 Å². The van der Waals surface area contributed by atoms with Gasteiger partial charge in [-0.15, -0.1) is 11.3 Å². The van der Waals surface area contributed by atoms with Crippen LogP contribution in [0.25, 0.3) is 0 Å². The molecule has 0 spiro atoms. The second-order valence-electron chi connectivity index (χ2n) is 4.24. The first kappa shape index (κ1) is 13.6. The van der Waals surface area contributed by atoms with Crippen LogP contribution in [0.4, 0.5) is 0 Å². The van der Waals surface area contributed by atoms with Crippen LogP contribution in [0.3, 0.4) is 0 Å². The molecule has 1 aliphatic rings. The van der Waals surface area contributed by atoms with E-state index in [2.05, 4.69) is 55.8 Å². The Kier molecular flexibility index (Phi) is 5.26. The first-order valence-corrected chi connectivity index (χ1v) is 7.75. The van der Waals surface area contributed by atoms with Gasteiger partial charge in [0.25, 0.3) is 0 Å². The highest BCUT2D eigenvalue weighted by Gasteiger charge is 2.11. The van der Waals surface area contributed by atoms with Gasteiger partial charge >= 0.3 is 0 Å². The van der Waals surface area contributed by atoms with Gasteiger partial charge in [-0.05, 0) is 47.3 Å². The number of nitrogens with zero attached hydrogens (tertiary/aromatic N) is 1. The van der Waals surface area contributed by atoms with E-state index in [-0.39, 0.29) is 0 Å². The van der Waals surface area contributed by atoms with Crippen LogP contribution in [-0.2, 0) is 6.42 Å². The van der Waals surface area contributed by atoms with E-state index >= 15 is 0 Å². The molecule has 5 heteroatoms. The van der Waals surface area contributed by atoms with E-state index in [9.17, 15) is 0 Å². The Hall–Kier alpha value is -0.810. The first-order valence-electron chi connectivity index (χ1n) is 6.14. The number of rotatable bonds is 4. The molecule has 0 aliphatic heterocycles. The number of nitrogens with one attached hydrogen (secondary N) is 2. The largest absolute Gasteiger partial charge is 0.356 e. The molecule has 0 atom stereocenters. The Balaban J connectivity index is 1.70. The van der Waals surface area contributed by atoms with Crippen molar-refractivity contribution in [2.24, 2.45) is 4.99 Å². The van der Waals surface area contributed by atoms with Gasteiger partial charge in [-0.3, -0.25) is 4.99 Å². The summed E-state index contributed by atoms with van der Waals surface area (Å²) in [7, 11) is 1.82. The third-order valence-electron chi connectivity index (χ3n) is 2.87. The molecular weight excluding hydrogens is 310 g/mol. The van der Waals surface area contributed by atoms with E-state index in [4.69, 9.17) is 0 Å². The van der Waals surface area contributed by atoms with Crippen LogP contribution < -0.4 is 10.6 Å². The minimum Gasteiger partial charge on any atom is -0.356 e. The molecule has 1 aliphatic carbocycles. The lowest BCUT2D eigenvalue weighted by molar-refractivity contribution is 0.633. The molecule has 2 N–H and O–H groups in total. The molecule has 0 saturated carbocycles. The molecule has 1 heterocycles. The van der Waals surface area contributed by atoms with E-state index in [1.807, 2.05) is 7.05 Å². The van der Waals surface area contributed by atoms with Gasteiger partial charge in [-0.25, -0.2) is 0 Å². The molecule has 0 radical (unpaired) electrons. The average molecular weight is 328 g/mol. The zero-order valence-corrected chi connectivity index (χ0v) is 12.9. The fourth-order valence-corrected chi connectivity index (χ4v) is 3.40. The SMILES string of the molecule is CN=C(NCCc1ccc(Br)s1)NC1CC=CC1. The summed E-state index contributed by atoms with van der Waals surface area (Å²) in [4.78, 5) is 5.63. The zero-order valence-electron chi connectivity index (χ0n) is 10.4. The Bertz CT molecular complexity index is 431. The van der Waals surface area contributed by atoms with Crippen molar-refractivity contribution in [3.63, 3.8) is 0 Å². The van der Waals surface area contributed by atoms with E-state index in [0.29, 0.717) is 6.04 Å². The minimum atomic E-state index is 0.507. The highest BCUT2D eigenvalue weighted by Crippen LogP contribution is 2.22. The van der Waals surface area contributed by atoms with Crippen LogP contribution in [0.15, 0.2) is 33.1 Å². The maximum Gasteiger partial charge on any atom is 0.191 e. The van der Waals surface area contributed by atoms with Crippen molar-refractivity contribution < 1.29 is 0 Å². The predicted molar refractivity (Wildman–Crippen MR) is 82.4 cm³/mol. The van der Waals surface area contributed by atoms with Crippen LogP contribution in [0.2, 0.25) is 0 Å². The molecule has 3 nitrogen and oxygen atoms in total. The summed E-state index contributed by atoms with van der Waals surface area (Å²) >= 11 is 5.27. The molecule has 1 aromatic rings. The molecule has 0 bridgehead atoms. The zero-order chi connectivity index (χ0) is 12.8. The van der Waals surface area contributed by atoms with Gasteiger partial charge in [0.15, 0.2) is 5.96 Å². The number of hydrogen-bond donors (Lipinski definition) is 2. The van der Waals surface area contributed by atoms with Crippen molar-refractivity contribution in [3.05, 3.63) is 32.9 Å². The van der Waals surface area contributed by atoms with Gasteiger partial charge in [0, 0.05) is 24.5 Å². The second-order valence-corrected chi connectivity index (χ2v) is 6.79. The Labute approximate surface area is 121 Å². The van der Waals surface area contributed by atoms with E-state index in [0.717, 1.165) is 31.8 Å². The van der Waals surface area contributed by atoms with Crippen LogP contribution in [0.5, 0.6) is 0 Å². The van der Waals surface area contributed by atoms with Gasteiger partial charge in [0.2, 0.25) is 0 Å². The van der Waals surface area contributed by atoms with Crippen molar-refractivity contribution in [1.82, 2.24) is 10.6 Å². The molecule has 2 rings (SSSR count). The highest BCUT2D eigenvalue weighted by molar-refractivity contribution is 9.11. The molecular formula is C13H18BrN3S. The first-order chi connectivity index (χ1) is 8.78.